The molecule has 0 bridgehead atoms. The molecule has 25 heavy (non-hydrogen) atoms. The number of rotatable bonds is 7. The number of aryl methyl sites for hydroxylation is 1. The average molecular weight is 361 g/mol. The molecular formula is C19H23NO4S. The average Bonchev–Trinajstić information content (AvgIpc) is 2.55. The van der Waals surface area contributed by atoms with Crippen LogP contribution in [0.3, 0.4) is 0 Å². The van der Waals surface area contributed by atoms with Crippen LogP contribution >= 0.6 is 0 Å². The first-order chi connectivity index (χ1) is 11.8. The highest BCUT2D eigenvalue weighted by molar-refractivity contribution is 7.89. The van der Waals surface area contributed by atoms with E-state index in [1.807, 2.05) is 31.2 Å². The molecule has 0 heterocycles. The summed E-state index contributed by atoms with van der Waals surface area (Å²) < 4.78 is 28.3. The van der Waals surface area contributed by atoms with Crippen molar-refractivity contribution in [3.05, 3.63) is 65.2 Å². The summed E-state index contributed by atoms with van der Waals surface area (Å²) in [7, 11) is -1.36. The highest BCUT2D eigenvalue weighted by Crippen LogP contribution is 2.16. The molecule has 0 atom stereocenters. The lowest BCUT2D eigenvalue weighted by atomic mass is 10.1. The van der Waals surface area contributed by atoms with Crippen molar-refractivity contribution in [3.8, 4) is 5.75 Å². The molecule has 0 unspecified atom stereocenters. The van der Waals surface area contributed by atoms with Gasteiger partial charge in [-0.05, 0) is 36.2 Å². The number of carbonyl (C=O) groups is 1. The third kappa shape index (κ3) is 5.90. The standard InChI is InChI=1S/C19H23NO4S/c1-15-6-4-5-7-18(15)24-13-12-20(2)19(21)17-10-8-16(9-11-17)14-25(3,22)23/h4-11H,12-14H2,1-3H3. The molecule has 0 aromatic heterocycles. The molecule has 2 aromatic carbocycles. The molecule has 2 aromatic rings. The van der Waals surface area contributed by atoms with Gasteiger partial charge in [-0.25, -0.2) is 8.42 Å². The van der Waals surface area contributed by atoms with Crippen molar-refractivity contribution in [3.63, 3.8) is 0 Å². The maximum Gasteiger partial charge on any atom is 0.253 e. The van der Waals surface area contributed by atoms with Gasteiger partial charge in [0, 0.05) is 18.9 Å². The number of likely N-dealkylation sites (N-methyl/N-ethyl adjacent to an activating group) is 1. The topological polar surface area (TPSA) is 63.7 Å². The molecule has 6 heteroatoms. The molecule has 0 aliphatic carbocycles. The van der Waals surface area contributed by atoms with Crippen molar-refractivity contribution in [2.75, 3.05) is 26.5 Å². The van der Waals surface area contributed by atoms with E-state index in [-0.39, 0.29) is 11.7 Å². The van der Waals surface area contributed by atoms with Gasteiger partial charge in [0.15, 0.2) is 9.84 Å². The number of para-hydroxylation sites is 1. The second-order valence-corrected chi connectivity index (χ2v) is 8.25. The van der Waals surface area contributed by atoms with Gasteiger partial charge in [-0.3, -0.25) is 4.79 Å². The molecule has 0 N–H and O–H groups in total. The predicted molar refractivity (Wildman–Crippen MR) is 98.6 cm³/mol. The van der Waals surface area contributed by atoms with E-state index in [2.05, 4.69) is 0 Å². The van der Waals surface area contributed by atoms with Gasteiger partial charge >= 0.3 is 0 Å². The van der Waals surface area contributed by atoms with Crippen molar-refractivity contribution in [2.24, 2.45) is 0 Å². The highest BCUT2D eigenvalue weighted by Gasteiger charge is 2.12. The fourth-order valence-corrected chi connectivity index (χ4v) is 3.18. The van der Waals surface area contributed by atoms with E-state index < -0.39 is 9.84 Å². The lowest BCUT2D eigenvalue weighted by molar-refractivity contribution is 0.0773. The van der Waals surface area contributed by atoms with Crippen molar-refractivity contribution >= 4 is 15.7 Å². The Morgan fingerprint density at radius 3 is 2.32 bits per heavy atom. The monoisotopic (exact) mass is 361 g/mol. The number of amides is 1. The van der Waals surface area contributed by atoms with Gasteiger partial charge in [0.05, 0.1) is 12.3 Å². The minimum Gasteiger partial charge on any atom is -0.491 e. The van der Waals surface area contributed by atoms with Gasteiger partial charge in [-0.1, -0.05) is 30.3 Å². The molecule has 2 rings (SSSR count). The molecule has 0 aliphatic rings. The van der Waals surface area contributed by atoms with Gasteiger partial charge in [0.25, 0.3) is 5.91 Å². The van der Waals surface area contributed by atoms with E-state index in [1.54, 1.807) is 36.2 Å². The molecule has 0 saturated carbocycles. The van der Waals surface area contributed by atoms with Gasteiger partial charge in [0.2, 0.25) is 0 Å². The van der Waals surface area contributed by atoms with E-state index >= 15 is 0 Å². The zero-order chi connectivity index (χ0) is 18.4. The quantitative estimate of drug-likeness (QED) is 0.761. The molecular weight excluding hydrogens is 338 g/mol. The maximum absolute atomic E-state index is 12.4. The first-order valence-electron chi connectivity index (χ1n) is 7.97. The Balaban J connectivity index is 1.90. The molecule has 134 valence electrons. The Morgan fingerprint density at radius 1 is 1.08 bits per heavy atom. The Morgan fingerprint density at radius 2 is 1.72 bits per heavy atom. The van der Waals surface area contributed by atoms with E-state index in [0.29, 0.717) is 24.3 Å². The van der Waals surface area contributed by atoms with E-state index in [4.69, 9.17) is 4.74 Å². The molecule has 0 fully saturated rings. The van der Waals surface area contributed by atoms with E-state index in [1.165, 1.54) is 6.26 Å². The largest absolute Gasteiger partial charge is 0.491 e. The predicted octanol–water partition coefficient (Wildman–Crippen LogP) is 2.69. The van der Waals surface area contributed by atoms with Crippen LogP contribution in [-0.4, -0.2) is 45.7 Å². The lowest BCUT2D eigenvalue weighted by Gasteiger charge is -2.18. The van der Waals surface area contributed by atoms with Crippen LogP contribution < -0.4 is 4.74 Å². The van der Waals surface area contributed by atoms with Crippen molar-refractivity contribution < 1.29 is 17.9 Å². The molecule has 5 nitrogen and oxygen atoms in total. The van der Waals surface area contributed by atoms with Gasteiger partial charge < -0.3 is 9.64 Å². The summed E-state index contributed by atoms with van der Waals surface area (Å²) in [6.45, 7) is 2.83. The van der Waals surface area contributed by atoms with Crippen LogP contribution in [0.1, 0.15) is 21.5 Å². The molecule has 1 amide bonds. The Labute approximate surface area is 149 Å². The summed E-state index contributed by atoms with van der Waals surface area (Å²) in [6, 6.07) is 14.4. The van der Waals surface area contributed by atoms with Crippen LogP contribution in [0.4, 0.5) is 0 Å². The smallest absolute Gasteiger partial charge is 0.253 e. The van der Waals surface area contributed by atoms with E-state index in [9.17, 15) is 13.2 Å². The normalized spacial score (nSPS) is 11.2. The number of carbonyl (C=O) groups excluding carboxylic acids is 1. The van der Waals surface area contributed by atoms with Crippen molar-refractivity contribution in [1.29, 1.82) is 0 Å². The molecule has 0 aliphatic heterocycles. The Hall–Kier alpha value is -2.34. The number of ether oxygens (including phenoxy) is 1. The molecule has 0 saturated heterocycles. The Bertz CT molecular complexity index is 829. The van der Waals surface area contributed by atoms with Gasteiger partial charge in [0.1, 0.15) is 12.4 Å². The third-order valence-corrected chi connectivity index (χ3v) is 4.61. The van der Waals surface area contributed by atoms with Crippen LogP contribution in [0.2, 0.25) is 0 Å². The highest BCUT2D eigenvalue weighted by atomic mass is 32.2. The number of nitrogens with zero attached hydrogens (tertiary/aromatic N) is 1. The summed E-state index contributed by atoms with van der Waals surface area (Å²) >= 11 is 0. The number of benzene rings is 2. The minimum atomic E-state index is -3.08. The Kier molecular flexibility index (Phi) is 6.20. The van der Waals surface area contributed by atoms with Crippen LogP contribution in [-0.2, 0) is 15.6 Å². The molecule has 0 radical (unpaired) electrons. The summed E-state index contributed by atoms with van der Waals surface area (Å²) in [6.07, 6.45) is 1.19. The lowest BCUT2D eigenvalue weighted by Crippen LogP contribution is -2.30. The number of hydrogen-bond acceptors (Lipinski definition) is 4. The third-order valence-electron chi connectivity index (χ3n) is 3.75. The first-order valence-corrected chi connectivity index (χ1v) is 10.0. The molecule has 0 spiro atoms. The second-order valence-electron chi connectivity index (χ2n) is 6.11. The van der Waals surface area contributed by atoms with Crippen LogP contribution in [0.25, 0.3) is 0 Å². The van der Waals surface area contributed by atoms with Crippen LogP contribution in [0.5, 0.6) is 5.75 Å². The maximum atomic E-state index is 12.4. The zero-order valence-corrected chi connectivity index (χ0v) is 15.5. The van der Waals surface area contributed by atoms with Crippen LogP contribution in [0, 0.1) is 6.92 Å². The number of hydrogen-bond donors (Lipinski definition) is 0. The SMILES string of the molecule is Cc1ccccc1OCCN(C)C(=O)c1ccc(CS(C)(=O)=O)cc1. The van der Waals surface area contributed by atoms with Gasteiger partial charge in [-0.15, -0.1) is 0 Å². The first kappa shape index (κ1) is 19.0. The minimum absolute atomic E-state index is 0.0262. The van der Waals surface area contributed by atoms with Crippen molar-refractivity contribution in [1.82, 2.24) is 4.90 Å². The fourth-order valence-electron chi connectivity index (χ4n) is 2.38. The summed E-state index contributed by atoms with van der Waals surface area (Å²) in [5, 5.41) is 0. The fraction of sp³-hybridized carbons (Fsp3) is 0.316. The summed E-state index contributed by atoms with van der Waals surface area (Å²) in [5.74, 6) is 0.662. The van der Waals surface area contributed by atoms with Gasteiger partial charge in [-0.2, -0.15) is 0 Å². The van der Waals surface area contributed by atoms with Crippen LogP contribution in [0.15, 0.2) is 48.5 Å². The number of sulfone groups is 1. The zero-order valence-electron chi connectivity index (χ0n) is 14.7. The van der Waals surface area contributed by atoms with E-state index in [0.717, 1.165) is 11.3 Å². The summed E-state index contributed by atoms with van der Waals surface area (Å²) in [5.41, 5.74) is 2.25. The second kappa shape index (κ2) is 8.16. The summed E-state index contributed by atoms with van der Waals surface area (Å²) in [4.78, 5) is 14.0. The van der Waals surface area contributed by atoms with Crippen molar-refractivity contribution in [2.45, 2.75) is 12.7 Å².